The van der Waals surface area contributed by atoms with E-state index in [0.29, 0.717) is 6.42 Å². The Morgan fingerprint density at radius 1 is 1.42 bits per heavy atom. The topological polar surface area (TPSA) is 71.9 Å². The van der Waals surface area contributed by atoms with Gasteiger partial charge in [-0.25, -0.2) is 9.78 Å². The normalized spacial score (nSPS) is 21.3. The number of β-amino-alcohol motifs (C(OH)–C–C–N with tert-alkyl or cyclic N) is 1. The summed E-state index contributed by atoms with van der Waals surface area (Å²) in [4.78, 5) is 18.7. The number of ether oxygens (including phenoxy) is 2. The van der Waals surface area contributed by atoms with E-state index < -0.39 is 17.8 Å². The average molecular weight is 350 g/mol. The van der Waals surface area contributed by atoms with Crippen LogP contribution in [0.4, 0.5) is 4.79 Å². The van der Waals surface area contributed by atoms with Crippen LogP contribution >= 0.6 is 11.3 Å². The van der Waals surface area contributed by atoms with Crippen LogP contribution in [-0.4, -0.2) is 46.4 Å². The van der Waals surface area contributed by atoms with Crippen molar-refractivity contribution in [2.45, 2.75) is 44.9 Å². The molecule has 0 bridgehead atoms. The zero-order valence-electron chi connectivity index (χ0n) is 14.3. The number of thiazole rings is 1. The quantitative estimate of drug-likeness (QED) is 0.899. The Hall–Kier alpha value is -1.86. The Morgan fingerprint density at radius 3 is 2.83 bits per heavy atom. The second-order valence-corrected chi connectivity index (χ2v) is 7.99. The fourth-order valence-electron chi connectivity index (χ4n) is 2.76. The van der Waals surface area contributed by atoms with Crippen LogP contribution in [0, 0.1) is 0 Å². The van der Waals surface area contributed by atoms with Crippen LogP contribution in [0.2, 0.25) is 0 Å². The van der Waals surface area contributed by atoms with Crippen LogP contribution in [0.1, 0.15) is 38.2 Å². The number of carbonyl (C=O) groups is 1. The van der Waals surface area contributed by atoms with Crippen LogP contribution in [0.15, 0.2) is 18.2 Å². The third kappa shape index (κ3) is 3.47. The summed E-state index contributed by atoms with van der Waals surface area (Å²) in [6, 6.07) is 5.45. The lowest BCUT2D eigenvalue weighted by Gasteiger charge is -2.27. The van der Waals surface area contributed by atoms with E-state index in [4.69, 9.17) is 9.47 Å². The first-order chi connectivity index (χ1) is 11.3. The highest BCUT2D eigenvalue weighted by atomic mass is 32.1. The molecule has 6 nitrogen and oxygen atoms in total. The summed E-state index contributed by atoms with van der Waals surface area (Å²) in [5.74, 6) is 0.745. The number of fused-ring (bicyclic) bond motifs is 1. The maximum Gasteiger partial charge on any atom is 0.410 e. The smallest absolute Gasteiger partial charge is 0.410 e. The van der Waals surface area contributed by atoms with Gasteiger partial charge in [0.1, 0.15) is 16.4 Å². The fraction of sp³-hybridized carbons (Fsp3) is 0.529. The van der Waals surface area contributed by atoms with E-state index in [-0.39, 0.29) is 12.6 Å². The Morgan fingerprint density at radius 2 is 2.17 bits per heavy atom. The van der Waals surface area contributed by atoms with Gasteiger partial charge >= 0.3 is 6.09 Å². The Labute approximate surface area is 145 Å². The molecule has 2 atom stereocenters. The molecule has 1 fully saturated rings. The Kier molecular flexibility index (Phi) is 4.40. The molecule has 1 aromatic carbocycles. The molecule has 24 heavy (non-hydrogen) atoms. The number of aromatic nitrogens is 1. The lowest BCUT2D eigenvalue weighted by atomic mass is 10.2. The molecule has 1 amide bonds. The van der Waals surface area contributed by atoms with Crippen molar-refractivity contribution in [2.24, 2.45) is 0 Å². The molecule has 2 aromatic rings. The van der Waals surface area contributed by atoms with Gasteiger partial charge in [0.2, 0.25) is 0 Å². The summed E-state index contributed by atoms with van der Waals surface area (Å²) < 4.78 is 11.7. The molecule has 0 unspecified atom stereocenters. The van der Waals surface area contributed by atoms with Crippen LogP contribution in [0.5, 0.6) is 5.75 Å². The molecular formula is C17H22N2O4S. The average Bonchev–Trinajstić information content (AvgIpc) is 3.07. The largest absolute Gasteiger partial charge is 0.497 e. The van der Waals surface area contributed by atoms with Gasteiger partial charge in [0.05, 0.1) is 36.0 Å². The van der Waals surface area contributed by atoms with Crippen molar-refractivity contribution in [1.82, 2.24) is 9.88 Å². The molecule has 2 heterocycles. The molecular weight excluding hydrogens is 328 g/mol. The van der Waals surface area contributed by atoms with Gasteiger partial charge in [0.25, 0.3) is 0 Å². The predicted octanol–water partition coefficient (Wildman–Crippen LogP) is 3.35. The minimum absolute atomic E-state index is 0.263. The van der Waals surface area contributed by atoms with Crippen molar-refractivity contribution in [3.8, 4) is 5.75 Å². The Balaban J connectivity index is 1.89. The molecule has 0 aliphatic carbocycles. The number of aliphatic hydroxyl groups excluding tert-OH is 1. The number of aliphatic hydroxyl groups is 1. The second kappa shape index (κ2) is 6.22. The summed E-state index contributed by atoms with van der Waals surface area (Å²) in [5.41, 5.74) is 0.260. The van der Waals surface area contributed by atoms with Gasteiger partial charge in [-0.1, -0.05) is 0 Å². The standard InChI is InChI=1S/C17H22N2O4S/c1-17(2,3)23-16(21)19-9-10(20)7-13(19)15-18-12-8-11(22-4)5-6-14(12)24-15/h5-6,8,10,13,20H,7,9H2,1-4H3/t10-,13+/m1/s1. The summed E-state index contributed by atoms with van der Waals surface area (Å²) in [6.45, 7) is 5.75. The number of hydrogen-bond acceptors (Lipinski definition) is 6. The van der Waals surface area contributed by atoms with Gasteiger partial charge in [-0.05, 0) is 32.9 Å². The van der Waals surface area contributed by atoms with Gasteiger partial charge in [0.15, 0.2) is 0 Å². The second-order valence-electron chi connectivity index (χ2n) is 6.92. The Bertz CT molecular complexity index is 753. The van der Waals surface area contributed by atoms with Gasteiger partial charge in [-0.2, -0.15) is 0 Å². The zero-order chi connectivity index (χ0) is 17.5. The van der Waals surface area contributed by atoms with E-state index in [9.17, 15) is 9.90 Å². The van der Waals surface area contributed by atoms with Gasteiger partial charge < -0.3 is 14.6 Å². The van der Waals surface area contributed by atoms with Crippen molar-refractivity contribution >= 4 is 27.6 Å². The minimum atomic E-state index is -0.573. The van der Waals surface area contributed by atoms with Gasteiger partial charge in [-0.15, -0.1) is 11.3 Å². The van der Waals surface area contributed by atoms with Gasteiger partial charge in [0, 0.05) is 12.5 Å². The highest BCUT2D eigenvalue weighted by Gasteiger charge is 2.39. The van der Waals surface area contributed by atoms with E-state index >= 15 is 0 Å². The first-order valence-electron chi connectivity index (χ1n) is 7.89. The molecule has 7 heteroatoms. The van der Waals surface area contributed by atoms with Crippen LogP contribution in [-0.2, 0) is 4.74 Å². The zero-order valence-corrected chi connectivity index (χ0v) is 15.1. The van der Waals surface area contributed by atoms with E-state index in [1.54, 1.807) is 12.0 Å². The van der Waals surface area contributed by atoms with Crippen molar-refractivity contribution in [1.29, 1.82) is 0 Å². The highest BCUT2D eigenvalue weighted by Crippen LogP contribution is 2.38. The summed E-state index contributed by atoms with van der Waals surface area (Å²) in [5, 5.41) is 10.8. The highest BCUT2D eigenvalue weighted by molar-refractivity contribution is 7.18. The number of nitrogens with zero attached hydrogens (tertiary/aromatic N) is 2. The molecule has 1 saturated heterocycles. The number of hydrogen-bond donors (Lipinski definition) is 1. The molecule has 3 rings (SSSR count). The third-order valence-electron chi connectivity index (χ3n) is 3.80. The number of amides is 1. The maximum atomic E-state index is 12.5. The van der Waals surface area contributed by atoms with Crippen molar-refractivity contribution < 1.29 is 19.4 Å². The predicted molar refractivity (Wildman–Crippen MR) is 92.5 cm³/mol. The molecule has 1 N–H and O–H groups in total. The molecule has 0 spiro atoms. The van der Waals surface area contributed by atoms with E-state index in [2.05, 4.69) is 4.98 Å². The van der Waals surface area contributed by atoms with Crippen molar-refractivity contribution in [3.05, 3.63) is 23.2 Å². The monoisotopic (exact) mass is 350 g/mol. The fourth-order valence-corrected chi connectivity index (χ4v) is 3.84. The SMILES string of the molecule is COc1ccc2sc([C@@H]3C[C@@H](O)CN3C(=O)OC(C)(C)C)nc2c1. The van der Waals surface area contributed by atoms with Crippen LogP contribution in [0.25, 0.3) is 10.2 Å². The number of benzene rings is 1. The molecule has 1 aromatic heterocycles. The third-order valence-corrected chi connectivity index (χ3v) is 4.94. The first kappa shape index (κ1) is 17.0. The lowest BCUT2D eigenvalue weighted by Crippen LogP contribution is -2.37. The molecule has 1 aliphatic rings. The molecule has 130 valence electrons. The van der Waals surface area contributed by atoms with Crippen LogP contribution < -0.4 is 4.74 Å². The number of rotatable bonds is 2. The van der Waals surface area contributed by atoms with Crippen LogP contribution in [0.3, 0.4) is 0 Å². The first-order valence-corrected chi connectivity index (χ1v) is 8.70. The maximum absolute atomic E-state index is 12.5. The van der Waals surface area contributed by atoms with Crippen molar-refractivity contribution in [3.63, 3.8) is 0 Å². The molecule has 0 radical (unpaired) electrons. The molecule has 1 aliphatic heterocycles. The number of methoxy groups -OCH3 is 1. The number of carbonyl (C=O) groups excluding carboxylic acids is 1. The van der Waals surface area contributed by atoms with Crippen molar-refractivity contribution in [2.75, 3.05) is 13.7 Å². The summed E-state index contributed by atoms with van der Waals surface area (Å²) >= 11 is 1.53. The summed E-state index contributed by atoms with van der Waals surface area (Å²) in [6.07, 6.45) is -0.513. The van der Waals surface area contributed by atoms with E-state index in [1.807, 2.05) is 39.0 Å². The van der Waals surface area contributed by atoms with Gasteiger partial charge in [-0.3, -0.25) is 4.90 Å². The summed E-state index contributed by atoms with van der Waals surface area (Å²) in [7, 11) is 1.62. The molecule has 0 saturated carbocycles. The van der Waals surface area contributed by atoms with E-state index in [0.717, 1.165) is 21.0 Å². The minimum Gasteiger partial charge on any atom is -0.497 e. The van der Waals surface area contributed by atoms with E-state index in [1.165, 1.54) is 11.3 Å². The number of likely N-dealkylation sites (tertiary alicyclic amines) is 1. The lowest BCUT2D eigenvalue weighted by molar-refractivity contribution is 0.0206.